The van der Waals surface area contributed by atoms with Crippen LogP contribution in [0, 0.1) is 5.92 Å². The Hall–Kier alpha value is -2.90. The van der Waals surface area contributed by atoms with E-state index in [1.54, 1.807) is 12.3 Å². The molecule has 0 aliphatic carbocycles. The van der Waals surface area contributed by atoms with Crippen molar-refractivity contribution in [3.63, 3.8) is 0 Å². The minimum atomic E-state index is -1.09. The Morgan fingerprint density at radius 3 is 2.78 bits per heavy atom. The number of amides is 1. The van der Waals surface area contributed by atoms with Gasteiger partial charge in [-0.1, -0.05) is 13.8 Å². The van der Waals surface area contributed by atoms with Gasteiger partial charge in [-0.15, -0.1) is 0 Å². The van der Waals surface area contributed by atoms with E-state index in [4.69, 9.17) is 5.73 Å². The van der Waals surface area contributed by atoms with Crippen LogP contribution in [0.3, 0.4) is 0 Å². The summed E-state index contributed by atoms with van der Waals surface area (Å²) >= 11 is 0. The van der Waals surface area contributed by atoms with Crippen LogP contribution in [0.1, 0.15) is 13.8 Å². The molecule has 0 unspecified atom stereocenters. The normalized spacial score (nSPS) is 11.5. The predicted molar refractivity (Wildman–Crippen MR) is 88.5 cm³/mol. The van der Waals surface area contributed by atoms with Gasteiger partial charge in [0.05, 0.1) is 5.52 Å². The van der Waals surface area contributed by atoms with E-state index >= 15 is 0 Å². The number of fused-ring (bicyclic) bond motifs is 3. The molecule has 3 N–H and O–H groups in total. The summed E-state index contributed by atoms with van der Waals surface area (Å²) in [5.74, 6) is 0.873. The second-order valence-electron chi connectivity index (χ2n) is 5.82. The van der Waals surface area contributed by atoms with E-state index in [1.807, 2.05) is 10.6 Å². The molecule has 8 heteroatoms. The van der Waals surface area contributed by atoms with Crippen molar-refractivity contribution < 1.29 is 9.90 Å². The second-order valence-corrected chi connectivity index (χ2v) is 5.82. The maximum absolute atomic E-state index is 11.4. The molecule has 0 fully saturated rings. The fourth-order valence-corrected chi connectivity index (χ4v) is 2.59. The number of anilines is 2. The number of carboxylic acid groups (broad SMARTS) is 1. The van der Waals surface area contributed by atoms with Gasteiger partial charge in [0.1, 0.15) is 16.6 Å². The molecule has 3 aromatic heterocycles. The Morgan fingerprint density at radius 1 is 1.39 bits per heavy atom. The van der Waals surface area contributed by atoms with Gasteiger partial charge in [0, 0.05) is 19.8 Å². The fourth-order valence-electron chi connectivity index (χ4n) is 2.59. The molecule has 120 valence electrons. The Bertz CT molecular complexity index is 902. The van der Waals surface area contributed by atoms with E-state index in [-0.39, 0.29) is 5.82 Å². The zero-order chi connectivity index (χ0) is 16.7. The highest BCUT2D eigenvalue weighted by molar-refractivity contribution is 6.05. The fraction of sp³-hybridized carbons (Fsp3) is 0.333. The van der Waals surface area contributed by atoms with Crippen LogP contribution in [-0.2, 0) is 6.54 Å². The number of nitrogen functional groups attached to an aromatic ring is 1. The van der Waals surface area contributed by atoms with Crippen LogP contribution < -0.4 is 10.6 Å². The lowest BCUT2D eigenvalue weighted by molar-refractivity contribution is 0.202. The molecule has 23 heavy (non-hydrogen) atoms. The highest BCUT2D eigenvalue weighted by Crippen LogP contribution is 2.31. The maximum atomic E-state index is 11.4. The monoisotopic (exact) mass is 314 g/mol. The third-order valence-electron chi connectivity index (χ3n) is 3.58. The molecule has 0 spiro atoms. The molecule has 3 aromatic rings. The zero-order valence-corrected chi connectivity index (χ0v) is 13.2. The molecular weight excluding hydrogens is 296 g/mol. The molecule has 0 atom stereocenters. The first-order valence-corrected chi connectivity index (χ1v) is 7.27. The molecule has 1 amide bonds. The number of pyridine rings is 2. The number of hydrogen-bond donors (Lipinski definition) is 2. The summed E-state index contributed by atoms with van der Waals surface area (Å²) in [6.45, 7) is 4.70. The van der Waals surface area contributed by atoms with Crippen LogP contribution in [0.25, 0.3) is 22.1 Å². The molecule has 8 nitrogen and oxygen atoms in total. The van der Waals surface area contributed by atoms with Crippen LogP contribution in [0.2, 0.25) is 0 Å². The summed E-state index contributed by atoms with van der Waals surface area (Å²) in [4.78, 5) is 25.6. The molecule has 0 saturated heterocycles. The van der Waals surface area contributed by atoms with E-state index in [2.05, 4.69) is 28.8 Å². The zero-order valence-electron chi connectivity index (χ0n) is 13.2. The molecule has 0 saturated carbocycles. The quantitative estimate of drug-likeness (QED) is 0.767. The summed E-state index contributed by atoms with van der Waals surface area (Å²) in [7, 11) is 1.46. The minimum absolute atomic E-state index is 0.267. The Morgan fingerprint density at radius 2 is 2.13 bits per heavy atom. The van der Waals surface area contributed by atoms with Crippen LogP contribution in [0.5, 0.6) is 0 Å². The largest absolute Gasteiger partial charge is 0.465 e. The highest BCUT2D eigenvalue weighted by Gasteiger charge is 2.23. The van der Waals surface area contributed by atoms with Crippen LogP contribution in [0.15, 0.2) is 18.3 Å². The maximum Gasteiger partial charge on any atom is 0.413 e. The lowest BCUT2D eigenvalue weighted by Crippen LogP contribution is -2.27. The first-order chi connectivity index (χ1) is 10.9. The smallest absolute Gasteiger partial charge is 0.413 e. The molecular formula is C15H18N6O2. The van der Waals surface area contributed by atoms with Gasteiger partial charge in [0.15, 0.2) is 5.82 Å². The summed E-state index contributed by atoms with van der Waals surface area (Å²) in [6, 6.07) is 3.61. The van der Waals surface area contributed by atoms with Gasteiger partial charge in [0.2, 0.25) is 5.95 Å². The van der Waals surface area contributed by atoms with E-state index in [0.717, 1.165) is 4.90 Å². The number of nitrogens with two attached hydrogens (primary N) is 1. The minimum Gasteiger partial charge on any atom is -0.465 e. The van der Waals surface area contributed by atoms with E-state index < -0.39 is 6.09 Å². The molecule has 0 aliphatic heterocycles. The number of imidazole rings is 1. The van der Waals surface area contributed by atoms with Crippen LogP contribution >= 0.6 is 0 Å². The van der Waals surface area contributed by atoms with Crippen LogP contribution in [0.4, 0.5) is 16.6 Å². The van der Waals surface area contributed by atoms with E-state index in [0.29, 0.717) is 40.5 Å². The molecule has 3 rings (SSSR count). The summed E-state index contributed by atoms with van der Waals surface area (Å²) < 4.78 is 1.85. The lowest BCUT2D eigenvalue weighted by Gasteiger charge is -2.17. The van der Waals surface area contributed by atoms with E-state index in [9.17, 15) is 9.90 Å². The summed E-state index contributed by atoms with van der Waals surface area (Å²) in [5, 5.41) is 9.31. The molecule has 0 aliphatic rings. The highest BCUT2D eigenvalue weighted by atomic mass is 16.4. The summed E-state index contributed by atoms with van der Waals surface area (Å²) in [6.07, 6.45) is 0.585. The van der Waals surface area contributed by atoms with Gasteiger partial charge in [-0.25, -0.2) is 14.8 Å². The number of aromatic nitrogens is 4. The summed E-state index contributed by atoms with van der Waals surface area (Å²) in [5.41, 5.74) is 8.54. The van der Waals surface area contributed by atoms with Gasteiger partial charge >= 0.3 is 6.09 Å². The molecule has 0 bridgehead atoms. The van der Waals surface area contributed by atoms with Gasteiger partial charge in [-0.2, -0.15) is 0 Å². The molecule has 0 aromatic carbocycles. The van der Waals surface area contributed by atoms with Crippen molar-refractivity contribution in [2.24, 2.45) is 5.92 Å². The SMILES string of the molecule is CC(C)Cn1c(N(C)C(=O)O)nc2c(N)nc3cccnc3c21. The van der Waals surface area contributed by atoms with Crippen molar-refractivity contribution in [2.45, 2.75) is 20.4 Å². The first kappa shape index (κ1) is 15.0. The third kappa shape index (κ3) is 2.41. The average molecular weight is 314 g/mol. The van der Waals surface area contributed by atoms with E-state index in [1.165, 1.54) is 7.05 Å². The Labute approximate surface area is 132 Å². The molecule has 3 heterocycles. The molecule has 0 radical (unpaired) electrons. The van der Waals surface area contributed by atoms with Crippen molar-refractivity contribution in [1.82, 2.24) is 19.5 Å². The number of rotatable bonds is 3. The van der Waals surface area contributed by atoms with Gasteiger partial charge in [-0.05, 0) is 18.1 Å². The number of nitrogens with zero attached hydrogens (tertiary/aromatic N) is 5. The third-order valence-corrected chi connectivity index (χ3v) is 3.58. The topological polar surface area (TPSA) is 110 Å². The number of hydrogen-bond acceptors (Lipinski definition) is 5. The van der Waals surface area contributed by atoms with Crippen molar-refractivity contribution in [3.8, 4) is 0 Å². The standard InChI is InChI=1S/C15H18N6O2/c1-8(2)7-21-12-10-9(5-4-6-17-10)18-13(16)11(12)19-14(21)20(3)15(22)23/h4-6,8H,7H2,1-3H3,(H2,16,18)(H,22,23). The first-order valence-electron chi connectivity index (χ1n) is 7.27. The van der Waals surface area contributed by atoms with Gasteiger partial charge < -0.3 is 15.4 Å². The van der Waals surface area contributed by atoms with Crippen LogP contribution in [-0.4, -0.2) is 37.8 Å². The van der Waals surface area contributed by atoms with Crippen molar-refractivity contribution in [1.29, 1.82) is 0 Å². The van der Waals surface area contributed by atoms with Crippen molar-refractivity contribution in [2.75, 3.05) is 17.7 Å². The van der Waals surface area contributed by atoms with Gasteiger partial charge in [0.25, 0.3) is 0 Å². The van der Waals surface area contributed by atoms with Crippen molar-refractivity contribution >= 4 is 39.9 Å². The lowest BCUT2D eigenvalue weighted by atomic mass is 10.2. The predicted octanol–water partition coefficient (Wildman–Crippen LogP) is 2.33. The average Bonchev–Trinajstić information content (AvgIpc) is 2.86. The number of carbonyl (C=O) groups is 1. The Balaban J connectivity index is 2.43. The Kier molecular flexibility index (Phi) is 3.51. The van der Waals surface area contributed by atoms with Gasteiger partial charge in [-0.3, -0.25) is 9.88 Å². The van der Waals surface area contributed by atoms with Crippen molar-refractivity contribution in [3.05, 3.63) is 18.3 Å². The second kappa shape index (κ2) is 5.38.